The van der Waals surface area contributed by atoms with Crippen LogP contribution in [-0.4, -0.2) is 37.2 Å². The van der Waals surface area contributed by atoms with Gasteiger partial charge in [-0.3, -0.25) is 14.4 Å². The molecule has 0 amide bonds. The third kappa shape index (κ3) is 50.0. The van der Waals surface area contributed by atoms with Crippen molar-refractivity contribution in [3.8, 4) is 0 Å². The standard InChI is InChI=1S/C57H100O6/c1-4-7-10-13-16-19-22-25-26-27-28-29-30-33-35-38-41-44-47-50-56(59)62-53-54(63-57(60)51-48-45-42-39-36-32-24-21-18-15-12-9-6-3)52-61-55(58)49-46-43-40-37-34-31-23-20-17-14-11-8-5-2/h16,19,21,24-26,28-29,33,35,54H,4-15,17-18,20,22-23,27,30-32,34,36-53H2,1-3H3/b19-16-,24-21-,26-25-,29-28-,35-33-/t54-/m0/s1. The highest BCUT2D eigenvalue weighted by Crippen LogP contribution is 2.15. The zero-order chi connectivity index (χ0) is 45.8. The Bertz CT molecular complexity index is 1150. The van der Waals surface area contributed by atoms with Gasteiger partial charge in [0.1, 0.15) is 13.2 Å². The number of carbonyl (C=O) groups excluding carboxylic acids is 3. The lowest BCUT2D eigenvalue weighted by molar-refractivity contribution is -0.167. The number of hydrogen-bond donors (Lipinski definition) is 0. The molecule has 0 N–H and O–H groups in total. The van der Waals surface area contributed by atoms with E-state index < -0.39 is 6.10 Å². The molecule has 0 aliphatic rings. The maximum Gasteiger partial charge on any atom is 0.306 e. The fourth-order valence-electron chi connectivity index (χ4n) is 7.42. The molecule has 6 heteroatoms. The molecule has 0 radical (unpaired) electrons. The second-order valence-corrected chi connectivity index (χ2v) is 17.8. The molecule has 6 nitrogen and oxygen atoms in total. The first kappa shape index (κ1) is 60.1. The molecule has 0 aromatic carbocycles. The van der Waals surface area contributed by atoms with Crippen molar-refractivity contribution in [3.63, 3.8) is 0 Å². The van der Waals surface area contributed by atoms with E-state index in [0.717, 1.165) is 96.3 Å². The van der Waals surface area contributed by atoms with Crippen LogP contribution in [0.25, 0.3) is 0 Å². The molecule has 1 atom stereocenters. The van der Waals surface area contributed by atoms with Crippen molar-refractivity contribution in [1.82, 2.24) is 0 Å². The van der Waals surface area contributed by atoms with Crippen molar-refractivity contribution in [2.45, 2.75) is 271 Å². The molecule has 0 saturated heterocycles. The Morgan fingerprint density at radius 1 is 0.317 bits per heavy atom. The van der Waals surface area contributed by atoms with E-state index >= 15 is 0 Å². The van der Waals surface area contributed by atoms with Gasteiger partial charge in [0.05, 0.1) is 0 Å². The molecule has 0 unspecified atom stereocenters. The summed E-state index contributed by atoms with van der Waals surface area (Å²) in [5, 5.41) is 0. The van der Waals surface area contributed by atoms with Gasteiger partial charge >= 0.3 is 17.9 Å². The number of hydrogen-bond acceptors (Lipinski definition) is 6. The highest BCUT2D eigenvalue weighted by Gasteiger charge is 2.19. The Balaban J connectivity index is 4.42. The van der Waals surface area contributed by atoms with Gasteiger partial charge in [0.15, 0.2) is 6.10 Å². The number of ether oxygens (including phenoxy) is 3. The lowest BCUT2D eigenvalue weighted by atomic mass is 10.0. The average molecular weight is 881 g/mol. The fraction of sp³-hybridized carbons (Fsp3) is 0.772. The predicted octanol–water partition coefficient (Wildman–Crippen LogP) is 17.6. The van der Waals surface area contributed by atoms with Crippen LogP contribution in [0.5, 0.6) is 0 Å². The minimum absolute atomic E-state index is 0.0858. The van der Waals surface area contributed by atoms with Crippen LogP contribution in [0.2, 0.25) is 0 Å². The van der Waals surface area contributed by atoms with Crippen molar-refractivity contribution in [2.75, 3.05) is 13.2 Å². The first-order valence-electron chi connectivity index (χ1n) is 26.8. The molecule has 0 bridgehead atoms. The molecule has 0 spiro atoms. The molecule has 0 saturated carbocycles. The van der Waals surface area contributed by atoms with E-state index in [-0.39, 0.29) is 31.1 Å². The van der Waals surface area contributed by atoms with E-state index in [1.165, 1.54) is 128 Å². The molecular formula is C57H100O6. The largest absolute Gasteiger partial charge is 0.462 e. The molecule has 0 heterocycles. The van der Waals surface area contributed by atoms with Gasteiger partial charge in [-0.1, -0.05) is 216 Å². The van der Waals surface area contributed by atoms with Gasteiger partial charge in [-0.2, -0.15) is 0 Å². The lowest BCUT2D eigenvalue weighted by Crippen LogP contribution is -2.30. The predicted molar refractivity (Wildman–Crippen MR) is 270 cm³/mol. The van der Waals surface area contributed by atoms with E-state index in [1.54, 1.807) is 0 Å². The molecule has 0 aliphatic carbocycles. The summed E-state index contributed by atoms with van der Waals surface area (Å²) in [6.45, 7) is 6.57. The first-order valence-corrected chi connectivity index (χ1v) is 26.8. The second-order valence-electron chi connectivity index (χ2n) is 17.8. The van der Waals surface area contributed by atoms with Crippen LogP contribution >= 0.6 is 0 Å². The summed E-state index contributed by atoms with van der Waals surface area (Å²) in [4.78, 5) is 38.0. The molecule has 364 valence electrons. The molecule has 0 rings (SSSR count). The van der Waals surface area contributed by atoms with Gasteiger partial charge in [0, 0.05) is 19.3 Å². The Morgan fingerprint density at radius 2 is 0.571 bits per heavy atom. The number of carbonyl (C=O) groups is 3. The average Bonchev–Trinajstić information content (AvgIpc) is 3.28. The molecule has 0 aromatic rings. The summed E-state index contributed by atoms with van der Waals surface area (Å²) in [5.41, 5.74) is 0. The quantitative estimate of drug-likeness (QED) is 0.0262. The maximum absolute atomic E-state index is 12.8. The normalized spacial score (nSPS) is 12.5. The summed E-state index contributed by atoms with van der Waals surface area (Å²) in [5.74, 6) is -0.921. The van der Waals surface area contributed by atoms with E-state index in [2.05, 4.69) is 81.5 Å². The first-order chi connectivity index (χ1) is 31.0. The van der Waals surface area contributed by atoms with Crippen LogP contribution in [0.3, 0.4) is 0 Å². The van der Waals surface area contributed by atoms with Gasteiger partial charge in [-0.15, -0.1) is 0 Å². The number of rotatable bonds is 48. The Labute approximate surface area is 390 Å². The van der Waals surface area contributed by atoms with Crippen molar-refractivity contribution in [3.05, 3.63) is 60.8 Å². The summed E-state index contributed by atoms with van der Waals surface area (Å²) < 4.78 is 16.8. The van der Waals surface area contributed by atoms with Crippen LogP contribution in [0.4, 0.5) is 0 Å². The smallest absolute Gasteiger partial charge is 0.306 e. The van der Waals surface area contributed by atoms with E-state index in [0.29, 0.717) is 19.3 Å². The monoisotopic (exact) mass is 881 g/mol. The van der Waals surface area contributed by atoms with Gasteiger partial charge in [-0.25, -0.2) is 0 Å². The molecule has 63 heavy (non-hydrogen) atoms. The summed E-state index contributed by atoms with van der Waals surface area (Å²) in [7, 11) is 0. The molecular weight excluding hydrogens is 781 g/mol. The van der Waals surface area contributed by atoms with Gasteiger partial charge < -0.3 is 14.2 Å². The second kappa shape index (κ2) is 51.7. The minimum atomic E-state index is -0.789. The number of allylic oxidation sites excluding steroid dienone is 10. The zero-order valence-corrected chi connectivity index (χ0v) is 41.6. The van der Waals surface area contributed by atoms with Crippen LogP contribution in [0.1, 0.15) is 265 Å². The number of unbranched alkanes of at least 4 members (excludes halogenated alkanes) is 27. The molecule has 0 aromatic heterocycles. The summed E-state index contributed by atoms with van der Waals surface area (Å²) >= 11 is 0. The molecule has 0 aliphatic heterocycles. The fourth-order valence-corrected chi connectivity index (χ4v) is 7.42. The topological polar surface area (TPSA) is 78.9 Å². The summed E-state index contributed by atoms with van der Waals surface area (Å²) in [6, 6.07) is 0. The van der Waals surface area contributed by atoms with Crippen molar-refractivity contribution in [1.29, 1.82) is 0 Å². The van der Waals surface area contributed by atoms with E-state index in [1.807, 2.05) is 0 Å². The van der Waals surface area contributed by atoms with Crippen molar-refractivity contribution < 1.29 is 28.6 Å². The number of esters is 3. The van der Waals surface area contributed by atoms with Crippen molar-refractivity contribution >= 4 is 17.9 Å². The van der Waals surface area contributed by atoms with Crippen LogP contribution in [0, 0.1) is 0 Å². The zero-order valence-electron chi connectivity index (χ0n) is 41.6. The highest BCUT2D eigenvalue weighted by atomic mass is 16.6. The SMILES string of the molecule is CCCCC/C=C\C/C=C\C/C=C\C/C=C\CCCCCC(=O)OC[C@H](COC(=O)CCCCCCCCCCCCCCC)OC(=O)CCCCCCC/C=C\CCCCCC. The Morgan fingerprint density at radius 3 is 0.968 bits per heavy atom. The van der Waals surface area contributed by atoms with Crippen molar-refractivity contribution in [2.24, 2.45) is 0 Å². The highest BCUT2D eigenvalue weighted by molar-refractivity contribution is 5.71. The van der Waals surface area contributed by atoms with E-state index in [4.69, 9.17) is 14.2 Å². The van der Waals surface area contributed by atoms with Gasteiger partial charge in [0.2, 0.25) is 0 Å². The van der Waals surface area contributed by atoms with Crippen LogP contribution < -0.4 is 0 Å². The third-order valence-corrected chi connectivity index (χ3v) is 11.5. The van der Waals surface area contributed by atoms with Gasteiger partial charge in [-0.05, 0) is 89.9 Å². The summed E-state index contributed by atoms with van der Waals surface area (Å²) in [6.07, 6.45) is 63.4. The van der Waals surface area contributed by atoms with E-state index in [9.17, 15) is 14.4 Å². The third-order valence-electron chi connectivity index (χ3n) is 11.5. The van der Waals surface area contributed by atoms with Crippen LogP contribution in [0.15, 0.2) is 60.8 Å². The minimum Gasteiger partial charge on any atom is -0.462 e. The Hall–Kier alpha value is -2.89. The molecule has 0 fully saturated rings. The lowest BCUT2D eigenvalue weighted by Gasteiger charge is -2.18. The maximum atomic E-state index is 12.8. The van der Waals surface area contributed by atoms with Crippen LogP contribution in [-0.2, 0) is 28.6 Å². The van der Waals surface area contributed by atoms with Gasteiger partial charge in [0.25, 0.3) is 0 Å². The Kier molecular flexibility index (Phi) is 49.4.